The van der Waals surface area contributed by atoms with Crippen molar-refractivity contribution in [3.63, 3.8) is 0 Å². The number of hydrogen-bond donors (Lipinski definition) is 2. The number of carbonyl (C=O) groups is 1. The van der Waals surface area contributed by atoms with Gasteiger partial charge < -0.3 is 15.8 Å². The van der Waals surface area contributed by atoms with Crippen molar-refractivity contribution in [2.24, 2.45) is 16.2 Å². The van der Waals surface area contributed by atoms with Gasteiger partial charge in [0.25, 0.3) is 5.91 Å². The monoisotopic (exact) mass is 447 g/mol. The molecule has 0 bridgehead atoms. The van der Waals surface area contributed by atoms with Crippen LogP contribution < -0.4 is 11.1 Å². The fraction of sp³-hybridized carbons (Fsp3) is 0.680. The summed E-state index contributed by atoms with van der Waals surface area (Å²) in [5.74, 6) is 0.978. The van der Waals surface area contributed by atoms with Gasteiger partial charge in [-0.25, -0.2) is 0 Å². The Morgan fingerprint density at radius 1 is 1.06 bits per heavy atom. The number of halogens is 1. The predicted molar refractivity (Wildman–Crippen MR) is 128 cm³/mol. The van der Waals surface area contributed by atoms with Crippen molar-refractivity contribution >= 4 is 23.5 Å². The summed E-state index contributed by atoms with van der Waals surface area (Å²) in [6.45, 7) is 1.90. The summed E-state index contributed by atoms with van der Waals surface area (Å²) in [7, 11) is 0. The molecule has 1 aromatic carbocycles. The van der Waals surface area contributed by atoms with Crippen LogP contribution in [0.1, 0.15) is 93.0 Å². The summed E-state index contributed by atoms with van der Waals surface area (Å²) in [5.41, 5.74) is 7.18. The quantitative estimate of drug-likeness (QED) is 0.236. The number of nitrogens with two attached hydrogens (primary N) is 1. The molecule has 2 saturated carbocycles. The Balaban J connectivity index is 1.23. The van der Waals surface area contributed by atoms with Crippen molar-refractivity contribution < 1.29 is 9.53 Å². The molecule has 2 fully saturated rings. The third-order valence-electron chi connectivity index (χ3n) is 6.73. The number of amides is 1. The topological polar surface area (TPSA) is 76.7 Å². The predicted octanol–water partition coefficient (Wildman–Crippen LogP) is 5.55. The molecule has 0 unspecified atom stereocenters. The Labute approximate surface area is 192 Å². The van der Waals surface area contributed by atoms with Crippen LogP contribution in [0.25, 0.3) is 0 Å². The van der Waals surface area contributed by atoms with Crippen LogP contribution in [0.4, 0.5) is 0 Å². The lowest BCUT2D eigenvalue weighted by molar-refractivity contribution is 0.0824. The van der Waals surface area contributed by atoms with E-state index in [2.05, 4.69) is 9.83 Å². The van der Waals surface area contributed by atoms with Gasteiger partial charge in [0.1, 0.15) is 5.84 Å². The first-order valence-corrected chi connectivity index (χ1v) is 12.4. The molecule has 172 valence electrons. The van der Waals surface area contributed by atoms with E-state index in [-0.39, 0.29) is 11.7 Å². The lowest BCUT2D eigenvalue weighted by Crippen LogP contribution is -2.46. The molecule has 2 aliphatic carbocycles. The van der Waals surface area contributed by atoms with E-state index >= 15 is 0 Å². The number of benzene rings is 1. The lowest BCUT2D eigenvalue weighted by Gasteiger charge is -2.21. The molecule has 31 heavy (non-hydrogen) atoms. The zero-order chi connectivity index (χ0) is 21.9. The van der Waals surface area contributed by atoms with E-state index in [1.165, 1.54) is 69.8 Å². The third kappa shape index (κ3) is 7.80. The van der Waals surface area contributed by atoms with Gasteiger partial charge in [0.2, 0.25) is 0 Å². The van der Waals surface area contributed by atoms with Gasteiger partial charge >= 0.3 is 0 Å². The summed E-state index contributed by atoms with van der Waals surface area (Å²) in [6, 6.07) is 7.87. The van der Waals surface area contributed by atoms with Crippen LogP contribution in [-0.4, -0.2) is 30.5 Å². The minimum absolute atomic E-state index is 0.127. The molecule has 0 atom stereocenters. The Kier molecular flexibility index (Phi) is 9.66. The number of nitrogens with one attached hydrogen (secondary N) is 1. The van der Waals surface area contributed by atoms with Crippen molar-refractivity contribution in [3.8, 4) is 0 Å². The Morgan fingerprint density at radius 2 is 1.74 bits per heavy atom. The highest BCUT2D eigenvalue weighted by Crippen LogP contribution is 2.36. The number of nitrogens with zero attached hydrogens (tertiary/aromatic N) is 1. The number of rotatable bonds is 13. The fourth-order valence-electron chi connectivity index (χ4n) is 4.43. The number of ether oxygens (including phenoxy) is 1. The second-order valence-electron chi connectivity index (χ2n) is 9.30. The van der Waals surface area contributed by atoms with Gasteiger partial charge in [-0.1, -0.05) is 50.7 Å². The van der Waals surface area contributed by atoms with Gasteiger partial charge in [0, 0.05) is 30.6 Å². The maximum absolute atomic E-state index is 12.5. The van der Waals surface area contributed by atoms with Crippen LogP contribution >= 0.6 is 11.8 Å². The molecule has 2 aliphatic rings. The van der Waals surface area contributed by atoms with E-state index in [4.69, 9.17) is 22.2 Å². The highest BCUT2D eigenvalue weighted by Gasteiger charge is 2.48. The molecular weight excluding hydrogens is 410 g/mol. The van der Waals surface area contributed by atoms with Gasteiger partial charge in [-0.3, -0.25) is 4.79 Å². The standard InChI is InChI=1S/C25H38ClN3O2/c26-29-24(27)25(16-17-25)28-23(30)22-14-12-20(13-15-22)9-5-2-1-3-8-18-31-19-21-10-6-4-7-11-21/h12-15,21H,1-11,16-19H2,(H2,27,29)(H,28,30). The largest absolute Gasteiger partial charge is 0.384 e. The van der Waals surface area contributed by atoms with Crippen LogP contribution in [-0.2, 0) is 11.2 Å². The maximum Gasteiger partial charge on any atom is 0.252 e. The van der Waals surface area contributed by atoms with Gasteiger partial charge in [0.15, 0.2) is 0 Å². The first-order valence-electron chi connectivity index (χ1n) is 12.1. The average Bonchev–Trinajstić information content (AvgIpc) is 3.59. The molecule has 5 nitrogen and oxygen atoms in total. The van der Waals surface area contributed by atoms with E-state index < -0.39 is 5.54 Å². The number of unbranched alkanes of at least 4 members (excludes halogenated alkanes) is 4. The second-order valence-corrected chi connectivity index (χ2v) is 9.47. The SMILES string of the molecule is N/C(=N\Cl)C1(NC(=O)c2ccc(CCCCCCCOCC3CCCCC3)cc2)CC1. The zero-order valence-corrected chi connectivity index (χ0v) is 19.5. The Bertz CT molecular complexity index is 710. The first-order chi connectivity index (χ1) is 15.1. The van der Waals surface area contributed by atoms with E-state index in [1.807, 2.05) is 24.3 Å². The fourth-order valence-corrected chi connectivity index (χ4v) is 4.59. The summed E-state index contributed by atoms with van der Waals surface area (Å²) in [4.78, 5) is 12.5. The molecule has 0 heterocycles. The molecule has 6 heteroatoms. The first kappa shape index (κ1) is 24.1. The highest BCUT2D eigenvalue weighted by atomic mass is 35.5. The van der Waals surface area contributed by atoms with Crippen molar-refractivity contribution in [1.29, 1.82) is 0 Å². The van der Waals surface area contributed by atoms with Gasteiger partial charge in [-0.05, 0) is 68.6 Å². The molecule has 1 amide bonds. The van der Waals surface area contributed by atoms with E-state index in [0.29, 0.717) is 5.56 Å². The molecule has 3 rings (SSSR count). The van der Waals surface area contributed by atoms with E-state index in [9.17, 15) is 4.79 Å². The van der Waals surface area contributed by atoms with Crippen LogP contribution in [0.5, 0.6) is 0 Å². The molecule has 0 saturated heterocycles. The van der Waals surface area contributed by atoms with Gasteiger partial charge in [0.05, 0.1) is 5.54 Å². The summed E-state index contributed by atoms with van der Waals surface area (Å²) >= 11 is 5.46. The normalized spacial score (nSPS) is 18.7. The molecule has 0 aromatic heterocycles. The number of amidine groups is 1. The van der Waals surface area contributed by atoms with Crippen molar-refractivity contribution in [1.82, 2.24) is 5.32 Å². The molecule has 0 aliphatic heterocycles. The van der Waals surface area contributed by atoms with Gasteiger partial charge in [-0.2, -0.15) is 4.51 Å². The summed E-state index contributed by atoms with van der Waals surface area (Å²) < 4.78 is 9.40. The number of carbonyl (C=O) groups excluding carboxylic acids is 1. The zero-order valence-electron chi connectivity index (χ0n) is 18.7. The molecule has 0 spiro atoms. The maximum atomic E-state index is 12.5. The third-order valence-corrected chi connectivity index (χ3v) is 6.91. The van der Waals surface area contributed by atoms with Crippen LogP contribution in [0.3, 0.4) is 0 Å². The van der Waals surface area contributed by atoms with E-state index in [1.54, 1.807) is 0 Å². The Hall–Kier alpha value is -1.59. The van der Waals surface area contributed by atoms with Crippen molar-refractivity contribution in [2.75, 3.05) is 13.2 Å². The average molecular weight is 448 g/mol. The summed E-state index contributed by atoms with van der Waals surface area (Å²) in [5, 5.41) is 2.96. The number of aryl methyl sites for hydroxylation is 1. The molecule has 0 radical (unpaired) electrons. The minimum Gasteiger partial charge on any atom is -0.384 e. The molecule has 1 aromatic rings. The van der Waals surface area contributed by atoms with Gasteiger partial charge in [-0.15, -0.1) is 0 Å². The minimum atomic E-state index is -0.543. The van der Waals surface area contributed by atoms with Crippen molar-refractivity contribution in [2.45, 2.75) is 89.0 Å². The van der Waals surface area contributed by atoms with Crippen LogP contribution in [0, 0.1) is 5.92 Å². The Morgan fingerprint density at radius 3 is 2.42 bits per heavy atom. The van der Waals surface area contributed by atoms with Crippen molar-refractivity contribution in [3.05, 3.63) is 35.4 Å². The molecular formula is C25H38ClN3O2. The number of hydrogen-bond acceptors (Lipinski definition) is 3. The van der Waals surface area contributed by atoms with E-state index in [0.717, 1.165) is 38.4 Å². The highest BCUT2D eigenvalue weighted by molar-refractivity contribution is 6.21. The second kappa shape index (κ2) is 12.4. The lowest BCUT2D eigenvalue weighted by atomic mass is 9.90. The van der Waals surface area contributed by atoms with Crippen LogP contribution in [0.15, 0.2) is 28.8 Å². The molecule has 3 N–H and O–H groups in total. The van der Waals surface area contributed by atoms with Crippen LogP contribution in [0.2, 0.25) is 0 Å². The smallest absolute Gasteiger partial charge is 0.252 e. The summed E-state index contributed by atoms with van der Waals surface area (Å²) in [6.07, 6.45) is 15.7.